The normalized spacial score (nSPS) is 22.4. The number of aromatic nitrogens is 1. The molecule has 1 aliphatic heterocycles. The molecule has 1 spiro atoms. The highest BCUT2D eigenvalue weighted by molar-refractivity contribution is 7.97. The van der Waals surface area contributed by atoms with Crippen LogP contribution in [0.15, 0.2) is 17.2 Å². The van der Waals surface area contributed by atoms with Crippen molar-refractivity contribution in [3.63, 3.8) is 0 Å². The van der Waals surface area contributed by atoms with E-state index in [1.165, 1.54) is 24.2 Å². The number of pyridine rings is 1. The van der Waals surface area contributed by atoms with E-state index >= 15 is 0 Å². The third-order valence-corrected chi connectivity index (χ3v) is 3.28. The van der Waals surface area contributed by atoms with E-state index in [9.17, 15) is 4.39 Å². The summed E-state index contributed by atoms with van der Waals surface area (Å²) in [7, 11) is 0. The zero-order valence-electron chi connectivity index (χ0n) is 7.42. The second kappa shape index (κ2) is 2.84. The Balaban J connectivity index is 1.99. The quantitative estimate of drug-likeness (QED) is 0.664. The van der Waals surface area contributed by atoms with Gasteiger partial charge in [0, 0.05) is 6.54 Å². The number of hydrogen-bond donors (Lipinski definition) is 1. The number of nitrogens with zero attached hydrogens (tertiary/aromatic N) is 1. The molecule has 1 aliphatic carbocycles. The standard InChI is InChI=1S/C9H9FN2OS/c10-6-3-7-8(11-4-6)13-9(1-2-9)5-12-14-7/h3-4,12H,1-2,5H2. The van der Waals surface area contributed by atoms with E-state index in [1.807, 2.05) is 0 Å². The summed E-state index contributed by atoms with van der Waals surface area (Å²) in [4.78, 5) is 4.69. The maximum absolute atomic E-state index is 12.9. The van der Waals surface area contributed by atoms with Gasteiger partial charge in [-0.3, -0.25) is 4.72 Å². The van der Waals surface area contributed by atoms with E-state index in [-0.39, 0.29) is 11.4 Å². The van der Waals surface area contributed by atoms with E-state index in [2.05, 4.69) is 9.71 Å². The van der Waals surface area contributed by atoms with Gasteiger partial charge in [-0.2, -0.15) is 0 Å². The molecular formula is C9H9FN2OS. The Bertz CT molecular complexity index is 381. The Morgan fingerprint density at radius 3 is 3.21 bits per heavy atom. The summed E-state index contributed by atoms with van der Waals surface area (Å²) >= 11 is 1.39. The molecule has 2 aliphatic rings. The van der Waals surface area contributed by atoms with Crippen LogP contribution >= 0.6 is 11.9 Å². The SMILES string of the molecule is Fc1cnc2c(c1)SNCC1(CC1)O2. The van der Waals surface area contributed by atoms with Gasteiger partial charge in [0.05, 0.1) is 11.1 Å². The molecule has 2 heterocycles. The maximum Gasteiger partial charge on any atom is 0.229 e. The zero-order valence-corrected chi connectivity index (χ0v) is 8.23. The van der Waals surface area contributed by atoms with Crippen LogP contribution in [-0.2, 0) is 0 Å². The van der Waals surface area contributed by atoms with Crippen molar-refractivity contribution in [3.8, 4) is 5.88 Å². The summed E-state index contributed by atoms with van der Waals surface area (Å²) in [5.74, 6) is 0.229. The van der Waals surface area contributed by atoms with Crippen molar-refractivity contribution in [2.24, 2.45) is 0 Å². The fraction of sp³-hybridized carbons (Fsp3) is 0.444. The monoisotopic (exact) mass is 212 g/mol. The van der Waals surface area contributed by atoms with Crippen molar-refractivity contribution < 1.29 is 9.13 Å². The Kier molecular flexibility index (Phi) is 1.72. The third-order valence-electron chi connectivity index (χ3n) is 2.48. The smallest absolute Gasteiger partial charge is 0.229 e. The van der Waals surface area contributed by atoms with Gasteiger partial charge < -0.3 is 4.74 Å². The summed E-state index contributed by atoms with van der Waals surface area (Å²) in [6.45, 7) is 0.801. The zero-order chi connectivity index (χ0) is 9.60. The van der Waals surface area contributed by atoms with Crippen molar-refractivity contribution in [2.45, 2.75) is 23.3 Å². The van der Waals surface area contributed by atoms with Gasteiger partial charge in [0.25, 0.3) is 0 Å². The molecule has 0 amide bonds. The lowest BCUT2D eigenvalue weighted by molar-refractivity contribution is 0.173. The first-order valence-corrected chi connectivity index (χ1v) is 5.33. The molecule has 74 valence electrons. The largest absolute Gasteiger partial charge is 0.469 e. The lowest BCUT2D eigenvalue weighted by Crippen LogP contribution is -2.28. The summed E-state index contributed by atoms with van der Waals surface area (Å²) in [5.41, 5.74) is -0.0664. The molecule has 3 rings (SSSR count). The summed E-state index contributed by atoms with van der Waals surface area (Å²) in [5, 5.41) is 0. The van der Waals surface area contributed by atoms with Crippen molar-refractivity contribution in [3.05, 3.63) is 18.1 Å². The van der Waals surface area contributed by atoms with Crippen LogP contribution in [0.3, 0.4) is 0 Å². The number of ether oxygens (including phenoxy) is 1. The molecule has 0 bridgehead atoms. The molecule has 1 aromatic rings. The van der Waals surface area contributed by atoms with Crippen molar-refractivity contribution in [2.75, 3.05) is 6.54 Å². The molecule has 1 aromatic heterocycles. The van der Waals surface area contributed by atoms with Crippen LogP contribution in [0.25, 0.3) is 0 Å². The minimum absolute atomic E-state index is 0.0664. The van der Waals surface area contributed by atoms with Gasteiger partial charge in [-0.25, -0.2) is 9.37 Å². The highest BCUT2D eigenvalue weighted by Crippen LogP contribution is 2.44. The lowest BCUT2D eigenvalue weighted by Gasteiger charge is -2.13. The molecule has 0 unspecified atom stereocenters. The van der Waals surface area contributed by atoms with Crippen LogP contribution in [0.2, 0.25) is 0 Å². The van der Waals surface area contributed by atoms with E-state index in [0.717, 1.165) is 24.3 Å². The molecular weight excluding hydrogens is 203 g/mol. The van der Waals surface area contributed by atoms with E-state index < -0.39 is 0 Å². The predicted molar refractivity (Wildman–Crippen MR) is 50.6 cm³/mol. The molecule has 0 radical (unpaired) electrons. The summed E-state index contributed by atoms with van der Waals surface area (Å²) in [6, 6.07) is 1.45. The Labute approximate surface area is 85.2 Å². The second-order valence-electron chi connectivity index (χ2n) is 3.67. The van der Waals surface area contributed by atoms with Crippen LogP contribution in [0.4, 0.5) is 4.39 Å². The minimum atomic E-state index is -0.326. The Morgan fingerprint density at radius 1 is 1.57 bits per heavy atom. The Hall–Kier alpha value is -0.810. The van der Waals surface area contributed by atoms with Gasteiger partial charge in [-0.1, -0.05) is 0 Å². The van der Waals surface area contributed by atoms with Gasteiger partial charge >= 0.3 is 0 Å². The molecule has 0 aromatic carbocycles. The fourth-order valence-electron chi connectivity index (χ4n) is 1.46. The first-order chi connectivity index (χ1) is 6.77. The van der Waals surface area contributed by atoms with Crippen molar-refractivity contribution in [1.82, 2.24) is 9.71 Å². The van der Waals surface area contributed by atoms with Crippen LogP contribution in [0.5, 0.6) is 5.88 Å². The highest BCUT2D eigenvalue weighted by atomic mass is 32.2. The van der Waals surface area contributed by atoms with Gasteiger partial charge in [-0.05, 0) is 30.9 Å². The minimum Gasteiger partial charge on any atom is -0.469 e. The predicted octanol–water partition coefficient (Wildman–Crippen LogP) is 1.74. The van der Waals surface area contributed by atoms with Gasteiger partial charge in [0.2, 0.25) is 5.88 Å². The van der Waals surface area contributed by atoms with Crippen LogP contribution in [0.1, 0.15) is 12.8 Å². The molecule has 1 fully saturated rings. The second-order valence-corrected chi connectivity index (χ2v) is 4.60. The van der Waals surface area contributed by atoms with E-state index in [0.29, 0.717) is 5.88 Å². The molecule has 0 saturated heterocycles. The topological polar surface area (TPSA) is 34.2 Å². The van der Waals surface area contributed by atoms with Gasteiger partial charge in [0.15, 0.2) is 0 Å². The average Bonchev–Trinajstić information content (AvgIpc) is 2.93. The van der Waals surface area contributed by atoms with E-state index in [1.54, 1.807) is 0 Å². The van der Waals surface area contributed by atoms with Crippen LogP contribution in [0, 0.1) is 5.82 Å². The summed E-state index contributed by atoms with van der Waals surface area (Å²) in [6.07, 6.45) is 3.30. The van der Waals surface area contributed by atoms with Gasteiger partial charge in [-0.15, -0.1) is 0 Å². The van der Waals surface area contributed by atoms with Crippen molar-refractivity contribution in [1.29, 1.82) is 0 Å². The number of fused-ring (bicyclic) bond motifs is 1. The first kappa shape index (κ1) is 8.49. The highest BCUT2D eigenvalue weighted by Gasteiger charge is 2.47. The Morgan fingerprint density at radius 2 is 2.43 bits per heavy atom. The molecule has 1 N–H and O–H groups in total. The van der Waals surface area contributed by atoms with Crippen molar-refractivity contribution >= 4 is 11.9 Å². The number of rotatable bonds is 0. The average molecular weight is 212 g/mol. The molecule has 3 nitrogen and oxygen atoms in total. The number of hydrogen-bond acceptors (Lipinski definition) is 4. The van der Waals surface area contributed by atoms with Gasteiger partial charge in [0.1, 0.15) is 11.4 Å². The number of halogens is 1. The van der Waals surface area contributed by atoms with E-state index in [4.69, 9.17) is 4.74 Å². The van der Waals surface area contributed by atoms with Crippen LogP contribution < -0.4 is 9.46 Å². The lowest BCUT2D eigenvalue weighted by atomic mass is 10.3. The number of nitrogens with one attached hydrogen (secondary N) is 1. The maximum atomic E-state index is 12.9. The first-order valence-electron chi connectivity index (χ1n) is 4.52. The fourth-order valence-corrected chi connectivity index (χ4v) is 2.31. The van der Waals surface area contributed by atoms with Crippen LogP contribution in [-0.4, -0.2) is 17.1 Å². The molecule has 5 heteroatoms. The molecule has 1 saturated carbocycles. The summed E-state index contributed by atoms with van der Waals surface area (Å²) < 4.78 is 21.8. The molecule has 0 atom stereocenters. The third kappa shape index (κ3) is 1.36. The molecule has 14 heavy (non-hydrogen) atoms.